The number of hydrogen-bond acceptors (Lipinski definition) is 8. The maximum atomic E-state index is 14.9. The van der Waals surface area contributed by atoms with Gasteiger partial charge in [0.25, 0.3) is 0 Å². The van der Waals surface area contributed by atoms with Crippen LogP contribution in [-0.4, -0.2) is 81.2 Å². The molecule has 6 heterocycles. The van der Waals surface area contributed by atoms with Crippen LogP contribution in [0, 0.1) is 5.41 Å². The minimum atomic E-state index is -1.31. The highest BCUT2D eigenvalue weighted by Gasteiger charge is 2.54. The third-order valence-electron chi connectivity index (χ3n) is 7.21. The fourth-order valence-corrected chi connectivity index (χ4v) is 5.84. The number of fused-ring (bicyclic) bond motifs is 3. The van der Waals surface area contributed by atoms with E-state index in [1.54, 1.807) is 12.4 Å². The molecular formula is C23H24ClFN8O. The summed E-state index contributed by atoms with van der Waals surface area (Å²) in [5.41, 5.74) is 0.978. The van der Waals surface area contributed by atoms with Gasteiger partial charge in [-0.25, -0.2) is 14.4 Å². The zero-order chi connectivity index (χ0) is 22.9. The molecule has 0 aliphatic carbocycles. The Morgan fingerprint density at radius 3 is 2.50 bits per heavy atom. The Bertz CT molecular complexity index is 1240. The van der Waals surface area contributed by atoms with E-state index < -0.39 is 5.67 Å². The molecule has 3 saturated heterocycles. The van der Waals surface area contributed by atoms with Crippen LogP contribution in [0.5, 0.6) is 0 Å². The molecule has 4 aliphatic heterocycles. The lowest BCUT2D eigenvalue weighted by Gasteiger charge is -2.60. The van der Waals surface area contributed by atoms with Gasteiger partial charge in [0, 0.05) is 62.1 Å². The number of aromatic nitrogens is 5. The van der Waals surface area contributed by atoms with Crippen LogP contribution in [0.1, 0.15) is 11.4 Å². The van der Waals surface area contributed by atoms with Gasteiger partial charge < -0.3 is 14.5 Å². The van der Waals surface area contributed by atoms with Crippen LogP contribution in [0.15, 0.2) is 36.7 Å². The Labute approximate surface area is 201 Å². The molecule has 0 radical (unpaired) electrons. The molecule has 0 amide bonds. The van der Waals surface area contributed by atoms with Crippen molar-refractivity contribution in [3.8, 4) is 5.69 Å². The van der Waals surface area contributed by atoms with Crippen LogP contribution >= 0.6 is 11.6 Å². The van der Waals surface area contributed by atoms with Crippen molar-refractivity contribution in [1.29, 1.82) is 0 Å². The van der Waals surface area contributed by atoms with Crippen molar-refractivity contribution in [1.82, 2.24) is 29.6 Å². The summed E-state index contributed by atoms with van der Waals surface area (Å²) in [6, 6.07) is 7.71. The van der Waals surface area contributed by atoms with Gasteiger partial charge in [-0.2, -0.15) is 0 Å². The van der Waals surface area contributed by atoms with Crippen LogP contribution in [0.3, 0.4) is 0 Å². The standard InChI is InChI=1S/C23H24ClFN8O/c24-17-2-3-18-16(6-17)7-30(13-23(25)14-34-15-23)8-19-28-29-21(33(18)19)32-11-22(12-32)9-31(10-22)20-26-4-1-5-27-20/h1-6H,7-15H2. The highest BCUT2D eigenvalue weighted by Crippen LogP contribution is 2.43. The zero-order valence-corrected chi connectivity index (χ0v) is 19.3. The number of alkyl halides is 1. The maximum Gasteiger partial charge on any atom is 0.231 e. The number of hydrogen-bond donors (Lipinski definition) is 0. The predicted molar refractivity (Wildman–Crippen MR) is 124 cm³/mol. The van der Waals surface area contributed by atoms with Crippen LogP contribution in [-0.2, 0) is 17.8 Å². The molecule has 0 N–H and O–H groups in total. The monoisotopic (exact) mass is 482 g/mol. The Kier molecular flexibility index (Phi) is 4.43. The molecule has 0 bridgehead atoms. The second-order valence-corrected chi connectivity index (χ2v) is 10.5. The van der Waals surface area contributed by atoms with E-state index in [4.69, 9.17) is 16.3 Å². The summed E-state index contributed by atoms with van der Waals surface area (Å²) in [6.07, 6.45) is 3.56. The number of rotatable bonds is 4. The minimum absolute atomic E-state index is 0.144. The van der Waals surface area contributed by atoms with Gasteiger partial charge in [0.05, 0.1) is 25.4 Å². The number of anilines is 2. The number of nitrogens with zero attached hydrogens (tertiary/aromatic N) is 8. The van der Waals surface area contributed by atoms with Gasteiger partial charge in [0.2, 0.25) is 11.9 Å². The lowest BCUT2D eigenvalue weighted by molar-refractivity contribution is -0.142. The summed E-state index contributed by atoms with van der Waals surface area (Å²) in [4.78, 5) is 15.3. The normalized spacial score (nSPS) is 22.3. The van der Waals surface area contributed by atoms with Gasteiger partial charge in [-0.15, -0.1) is 10.2 Å². The van der Waals surface area contributed by atoms with Crippen molar-refractivity contribution in [2.45, 2.75) is 18.8 Å². The lowest BCUT2D eigenvalue weighted by atomic mass is 9.73. The molecule has 2 aromatic heterocycles. The topological polar surface area (TPSA) is 75.4 Å². The molecule has 34 heavy (non-hydrogen) atoms. The molecule has 0 unspecified atom stereocenters. The SMILES string of the molecule is FC1(CN2Cc3cc(Cl)ccc3-n3c(nnc3N3CC4(CN(c5ncccn5)C4)C3)C2)COC1. The predicted octanol–water partition coefficient (Wildman–Crippen LogP) is 2.09. The van der Waals surface area contributed by atoms with E-state index in [0.717, 1.165) is 55.2 Å². The first-order chi connectivity index (χ1) is 16.5. The van der Waals surface area contributed by atoms with Crippen molar-refractivity contribution >= 4 is 23.5 Å². The first-order valence-corrected chi connectivity index (χ1v) is 11.9. The summed E-state index contributed by atoms with van der Waals surface area (Å²) in [5, 5.41) is 9.77. The van der Waals surface area contributed by atoms with Gasteiger partial charge in [-0.1, -0.05) is 11.6 Å². The molecular weight excluding hydrogens is 459 g/mol. The van der Waals surface area contributed by atoms with E-state index in [9.17, 15) is 4.39 Å². The molecule has 176 valence electrons. The summed E-state index contributed by atoms with van der Waals surface area (Å²) in [5.74, 6) is 2.44. The number of benzene rings is 1. The summed E-state index contributed by atoms with van der Waals surface area (Å²) < 4.78 is 22.1. The summed E-state index contributed by atoms with van der Waals surface area (Å²) in [7, 11) is 0. The Morgan fingerprint density at radius 1 is 1.00 bits per heavy atom. The smallest absolute Gasteiger partial charge is 0.231 e. The highest BCUT2D eigenvalue weighted by atomic mass is 35.5. The van der Waals surface area contributed by atoms with E-state index in [2.05, 4.69) is 39.4 Å². The third-order valence-corrected chi connectivity index (χ3v) is 7.44. The Morgan fingerprint density at radius 2 is 1.76 bits per heavy atom. The molecule has 1 aromatic carbocycles. The fourth-order valence-electron chi connectivity index (χ4n) is 5.65. The number of halogens is 2. The Hall–Kier alpha value is -2.82. The van der Waals surface area contributed by atoms with Crippen molar-refractivity contribution in [3.05, 3.63) is 53.1 Å². The molecule has 4 aliphatic rings. The van der Waals surface area contributed by atoms with E-state index in [-0.39, 0.29) is 18.6 Å². The molecule has 1 spiro atoms. The van der Waals surface area contributed by atoms with Crippen molar-refractivity contribution in [3.63, 3.8) is 0 Å². The van der Waals surface area contributed by atoms with Crippen molar-refractivity contribution in [2.75, 3.05) is 55.7 Å². The van der Waals surface area contributed by atoms with Crippen molar-refractivity contribution < 1.29 is 9.13 Å². The first-order valence-electron chi connectivity index (χ1n) is 11.5. The first kappa shape index (κ1) is 20.5. The number of ether oxygens (including phenoxy) is 1. The summed E-state index contributed by atoms with van der Waals surface area (Å²) >= 11 is 6.34. The molecule has 7 rings (SSSR count). The second kappa shape index (κ2) is 7.34. The fraction of sp³-hybridized carbons (Fsp3) is 0.478. The molecule has 0 saturated carbocycles. The zero-order valence-electron chi connectivity index (χ0n) is 18.6. The quantitative estimate of drug-likeness (QED) is 0.559. The Balaban J connectivity index is 1.14. The second-order valence-electron chi connectivity index (χ2n) is 10.1. The van der Waals surface area contributed by atoms with E-state index in [0.29, 0.717) is 24.7 Å². The molecule has 3 aromatic rings. The maximum absolute atomic E-state index is 14.9. The van der Waals surface area contributed by atoms with Gasteiger partial charge in [0.1, 0.15) is 0 Å². The summed E-state index contributed by atoms with van der Waals surface area (Å²) in [6.45, 7) is 5.40. The molecule has 11 heteroatoms. The molecule has 9 nitrogen and oxygen atoms in total. The largest absolute Gasteiger partial charge is 0.375 e. The van der Waals surface area contributed by atoms with Crippen LogP contribution in [0.2, 0.25) is 5.02 Å². The lowest BCUT2D eigenvalue weighted by Crippen LogP contribution is -2.73. The van der Waals surface area contributed by atoms with Gasteiger partial charge in [-0.05, 0) is 29.8 Å². The van der Waals surface area contributed by atoms with Gasteiger partial charge in [0.15, 0.2) is 11.5 Å². The van der Waals surface area contributed by atoms with E-state index >= 15 is 0 Å². The average Bonchev–Trinajstić information content (AvgIpc) is 3.07. The minimum Gasteiger partial charge on any atom is -0.375 e. The average molecular weight is 483 g/mol. The van der Waals surface area contributed by atoms with Gasteiger partial charge >= 0.3 is 0 Å². The van der Waals surface area contributed by atoms with Crippen molar-refractivity contribution in [2.24, 2.45) is 5.41 Å². The van der Waals surface area contributed by atoms with Gasteiger partial charge in [-0.3, -0.25) is 9.47 Å². The van der Waals surface area contributed by atoms with E-state index in [1.807, 2.05) is 24.3 Å². The molecule has 0 atom stereocenters. The molecule has 3 fully saturated rings. The highest BCUT2D eigenvalue weighted by molar-refractivity contribution is 6.30. The van der Waals surface area contributed by atoms with Crippen LogP contribution in [0.25, 0.3) is 5.69 Å². The van der Waals surface area contributed by atoms with Crippen LogP contribution < -0.4 is 9.80 Å². The third kappa shape index (κ3) is 3.27. The van der Waals surface area contributed by atoms with E-state index in [1.165, 1.54) is 0 Å². The van der Waals surface area contributed by atoms with Crippen LogP contribution in [0.4, 0.5) is 16.3 Å².